The highest BCUT2D eigenvalue weighted by molar-refractivity contribution is 5.98. The third-order valence-corrected chi connectivity index (χ3v) is 6.79. The minimum atomic E-state index is -0.693. The average molecular weight is 456 g/mol. The Morgan fingerprint density at radius 2 is 1.82 bits per heavy atom. The van der Waals surface area contributed by atoms with Crippen molar-refractivity contribution in [1.29, 1.82) is 5.26 Å². The molecule has 5 nitrogen and oxygen atoms in total. The number of nitriles is 1. The smallest absolute Gasteiger partial charge is 0.253 e. The Hall–Kier alpha value is -3.53. The van der Waals surface area contributed by atoms with Crippen LogP contribution < -0.4 is 5.73 Å². The maximum atomic E-state index is 15.3. The summed E-state index contributed by atoms with van der Waals surface area (Å²) in [6.07, 6.45) is 2.71. The van der Waals surface area contributed by atoms with Crippen molar-refractivity contribution in [2.75, 3.05) is 13.1 Å². The summed E-state index contributed by atoms with van der Waals surface area (Å²) in [5.74, 6) is -0.468. The summed E-state index contributed by atoms with van der Waals surface area (Å²) in [4.78, 5) is 14.9. The molecule has 0 radical (unpaired) electrons. The van der Waals surface area contributed by atoms with Crippen molar-refractivity contribution in [2.24, 2.45) is 5.73 Å². The van der Waals surface area contributed by atoms with E-state index in [0.717, 1.165) is 30.4 Å². The lowest BCUT2D eigenvalue weighted by atomic mass is 9.91. The largest absolute Gasteiger partial charge is 0.390 e. The minimum Gasteiger partial charge on any atom is -0.390 e. The van der Waals surface area contributed by atoms with Gasteiger partial charge >= 0.3 is 0 Å². The number of rotatable bonds is 5. The van der Waals surface area contributed by atoms with Crippen LogP contribution in [0.3, 0.4) is 0 Å². The zero-order chi connectivity index (χ0) is 23.9. The third-order valence-electron chi connectivity index (χ3n) is 6.79. The van der Waals surface area contributed by atoms with Crippen LogP contribution in [0.2, 0.25) is 0 Å². The Balaban J connectivity index is 1.56. The van der Waals surface area contributed by atoms with E-state index < -0.39 is 5.60 Å². The summed E-state index contributed by atoms with van der Waals surface area (Å²) in [5, 5.41) is 19.4. The molecule has 5 rings (SSSR count). The fraction of sp³-hybridized carbons (Fsp3) is 0.286. The van der Waals surface area contributed by atoms with Crippen molar-refractivity contribution in [3.63, 3.8) is 0 Å². The standard InChI is InChI=1S/C28H26FN3O2/c29-26-13-19(15-28(34)10-11-28)3-7-24(26)23-8-6-21(27(33)32-12-9-22(31)17-32)14-25(23)20-4-1-18(16-30)2-5-20/h1-8,13-14,22,34H,9-12,15,17,31H2/t22-/m0/s1. The van der Waals surface area contributed by atoms with Crippen LogP contribution >= 0.6 is 0 Å². The van der Waals surface area contributed by atoms with Crippen molar-refractivity contribution < 1.29 is 14.3 Å². The van der Waals surface area contributed by atoms with Crippen LogP contribution in [0.1, 0.15) is 40.7 Å². The monoisotopic (exact) mass is 455 g/mol. The van der Waals surface area contributed by atoms with E-state index in [1.807, 2.05) is 18.2 Å². The van der Waals surface area contributed by atoms with Gasteiger partial charge in [0.05, 0.1) is 17.2 Å². The number of nitrogens with two attached hydrogens (primary N) is 1. The Bertz CT molecular complexity index is 1290. The predicted octanol–water partition coefficient (Wildman–Crippen LogP) is 4.27. The second-order valence-electron chi connectivity index (χ2n) is 9.46. The van der Waals surface area contributed by atoms with Crippen molar-refractivity contribution in [3.8, 4) is 28.3 Å². The first kappa shape index (κ1) is 22.3. The molecule has 1 amide bonds. The summed E-state index contributed by atoms with van der Waals surface area (Å²) in [7, 11) is 0. The molecule has 3 aromatic carbocycles. The van der Waals surface area contributed by atoms with E-state index in [1.165, 1.54) is 6.07 Å². The van der Waals surface area contributed by atoms with Gasteiger partial charge in [-0.25, -0.2) is 4.39 Å². The van der Waals surface area contributed by atoms with E-state index in [2.05, 4.69) is 6.07 Å². The van der Waals surface area contributed by atoms with Gasteiger partial charge in [0, 0.05) is 36.7 Å². The number of aliphatic hydroxyl groups is 1. The van der Waals surface area contributed by atoms with E-state index in [-0.39, 0.29) is 17.8 Å². The highest BCUT2D eigenvalue weighted by Gasteiger charge is 2.40. The van der Waals surface area contributed by atoms with Gasteiger partial charge in [-0.15, -0.1) is 0 Å². The lowest BCUT2D eigenvalue weighted by Crippen LogP contribution is -2.31. The normalized spacial score (nSPS) is 18.5. The molecular weight excluding hydrogens is 429 g/mol. The molecule has 172 valence electrons. The summed E-state index contributed by atoms with van der Waals surface area (Å²) in [6, 6.07) is 19.5. The van der Waals surface area contributed by atoms with E-state index >= 15 is 4.39 Å². The summed E-state index contributed by atoms with van der Waals surface area (Å²) in [6.45, 7) is 1.14. The molecule has 1 aliphatic carbocycles. The molecule has 2 fully saturated rings. The molecule has 3 aromatic rings. The topological polar surface area (TPSA) is 90.4 Å². The van der Waals surface area contributed by atoms with Gasteiger partial charge in [-0.3, -0.25) is 4.79 Å². The van der Waals surface area contributed by atoms with Crippen molar-refractivity contribution >= 4 is 5.91 Å². The quantitative estimate of drug-likeness (QED) is 0.601. The summed E-state index contributed by atoms with van der Waals surface area (Å²) in [5.41, 5.74) is 9.68. The van der Waals surface area contributed by atoms with E-state index in [0.29, 0.717) is 47.3 Å². The first-order valence-corrected chi connectivity index (χ1v) is 11.6. The molecule has 1 heterocycles. The van der Waals surface area contributed by atoms with Crippen LogP contribution in [0, 0.1) is 17.1 Å². The van der Waals surface area contributed by atoms with Crippen LogP contribution in [0.25, 0.3) is 22.3 Å². The van der Waals surface area contributed by atoms with Gasteiger partial charge < -0.3 is 15.7 Å². The van der Waals surface area contributed by atoms with Crippen LogP contribution in [0.15, 0.2) is 60.7 Å². The van der Waals surface area contributed by atoms with Crippen LogP contribution in [-0.4, -0.2) is 40.6 Å². The first-order chi connectivity index (χ1) is 16.3. The molecule has 34 heavy (non-hydrogen) atoms. The molecule has 0 spiro atoms. The van der Waals surface area contributed by atoms with Crippen molar-refractivity contribution in [3.05, 3.63) is 83.2 Å². The van der Waals surface area contributed by atoms with E-state index in [9.17, 15) is 9.90 Å². The Morgan fingerprint density at radius 3 is 2.44 bits per heavy atom. The Labute approximate surface area is 198 Å². The van der Waals surface area contributed by atoms with E-state index in [4.69, 9.17) is 11.0 Å². The number of amides is 1. The maximum Gasteiger partial charge on any atom is 0.253 e. The summed E-state index contributed by atoms with van der Waals surface area (Å²) >= 11 is 0. The zero-order valence-corrected chi connectivity index (χ0v) is 18.8. The number of carbonyl (C=O) groups is 1. The third kappa shape index (κ3) is 4.45. The molecule has 3 N–H and O–H groups in total. The van der Waals surface area contributed by atoms with Crippen LogP contribution in [0.4, 0.5) is 4.39 Å². The number of nitrogens with zero attached hydrogens (tertiary/aromatic N) is 2. The molecule has 0 unspecified atom stereocenters. The number of carbonyl (C=O) groups excluding carboxylic acids is 1. The lowest BCUT2D eigenvalue weighted by Gasteiger charge is -2.18. The molecule has 0 aromatic heterocycles. The second-order valence-corrected chi connectivity index (χ2v) is 9.46. The molecule has 1 saturated heterocycles. The lowest BCUT2D eigenvalue weighted by molar-refractivity contribution is 0.0791. The zero-order valence-electron chi connectivity index (χ0n) is 18.8. The molecule has 1 atom stereocenters. The Kier molecular flexibility index (Phi) is 5.68. The highest BCUT2D eigenvalue weighted by atomic mass is 19.1. The fourth-order valence-corrected chi connectivity index (χ4v) is 4.62. The van der Waals surface area contributed by atoms with Crippen LogP contribution in [-0.2, 0) is 6.42 Å². The minimum absolute atomic E-state index is 0.0115. The van der Waals surface area contributed by atoms with E-state index in [1.54, 1.807) is 41.3 Å². The second kappa shape index (κ2) is 8.68. The molecule has 2 aliphatic rings. The average Bonchev–Trinajstić information content (AvgIpc) is 3.40. The molecule has 6 heteroatoms. The first-order valence-electron chi connectivity index (χ1n) is 11.6. The van der Waals surface area contributed by atoms with Crippen LogP contribution in [0.5, 0.6) is 0 Å². The van der Waals surface area contributed by atoms with Gasteiger partial charge in [0.25, 0.3) is 5.91 Å². The fourth-order valence-electron chi connectivity index (χ4n) is 4.62. The van der Waals surface area contributed by atoms with Gasteiger partial charge in [0.2, 0.25) is 0 Å². The molecule has 1 aliphatic heterocycles. The predicted molar refractivity (Wildman–Crippen MR) is 128 cm³/mol. The van der Waals surface area contributed by atoms with Gasteiger partial charge in [-0.05, 0) is 71.8 Å². The molecule has 1 saturated carbocycles. The molecular formula is C28H26FN3O2. The number of likely N-dealkylation sites (tertiary alicyclic amines) is 1. The van der Waals surface area contributed by atoms with Crippen molar-refractivity contribution in [2.45, 2.75) is 37.3 Å². The highest BCUT2D eigenvalue weighted by Crippen LogP contribution is 2.40. The van der Waals surface area contributed by atoms with Gasteiger partial charge in [-0.1, -0.05) is 30.3 Å². The maximum absolute atomic E-state index is 15.3. The Morgan fingerprint density at radius 1 is 1.09 bits per heavy atom. The number of halogens is 1. The summed E-state index contributed by atoms with van der Waals surface area (Å²) < 4.78 is 15.3. The van der Waals surface area contributed by atoms with Gasteiger partial charge in [-0.2, -0.15) is 5.26 Å². The number of benzene rings is 3. The number of hydrogen-bond donors (Lipinski definition) is 2. The number of hydrogen-bond acceptors (Lipinski definition) is 4. The van der Waals surface area contributed by atoms with Crippen molar-refractivity contribution in [1.82, 2.24) is 4.90 Å². The SMILES string of the molecule is N#Cc1ccc(-c2cc(C(=O)N3CC[C@H](N)C3)ccc2-c2ccc(CC3(O)CC3)cc2F)cc1. The van der Waals surface area contributed by atoms with Gasteiger partial charge in [0.15, 0.2) is 0 Å². The molecule has 0 bridgehead atoms. The van der Waals surface area contributed by atoms with Gasteiger partial charge in [0.1, 0.15) is 5.82 Å².